The summed E-state index contributed by atoms with van der Waals surface area (Å²) in [4.78, 5) is 34.6. The molecule has 2 aromatic rings. The lowest BCUT2D eigenvalue weighted by Crippen LogP contribution is -2.39. The van der Waals surface area contributed by atoms with E-state index in [9.17, 15) is 18.0 Å². The van der Waals surface area contributed by atoms with Gasteiger partial charge in [0.1, 0.15) is 11.6 Å². The Balaban J connectivity index is 1.45. The normalized spacial score (nSPS) is 19.3. The zero-order valence-corrected chi connectivity index (χ0v) is 18.4. The predicted octanol–water partition coefficient (Wildman–Crippen LogP) is 0.655. The Bertz CT molecular complexity index is 1160. The van der Waals surface area contributed by atoms with Gasteiger partial charge in [0.25, 0.3) is 5.56 Å². The van der Waals surface area contributed by atoms with E-state index >= 15 is 0 Å². The highest BCUT2D eigenvalue weighted by molar-refractivity contribution is 7.88. The number of amides is 1. The summed E-state index contributed by atoms with van der Waals surface area (Å²) < 4.78 is 30.1. The first kappa shape index (κ1) is 21.5. The van der Waals surface area contributed by atoms with Gasteiger partial charge in [-0.2, -0.15) is 4.31 Å². The molecule has 1 aromatic heterocycles. The Kier molecular flexibility index (Phi) is 5.85. The van der Waals surface area contributed by atoms with Gasteiger partial charge in [-0.15, -0.1) is 0 Å². The smallest absolute Gasteiger partial charge is 0.255 e. The maximum Gasteiger partial charge on any atom is 0.255 e. The molecule has 4 rings (SSSR count). The summed E-state index contributed by atoms with van der Waals surface area (Å²) in [6, 6.07) is 7.46. The molecular weight excluding hydrogens is 420 g/mol. The van der Waals surface area contributed by atoms with E-state index in [1.807, 2.05) is 24.3 Å². The monoisotopic (exact) mass is 446 g/mol. The molecule has 0 bridgehead atoms. The molecule has 2 aliphatic heterocycles. The number of hydrogen-bond donors (Lipinski definition) is 1. The number of H-pyrrole nitrogens is 1. The minimum Gasteiger partial charge on any atom is -0.497 e. The van der Waals surface area contributed by atoms with Crippen LogP contribution in [0.15, 0.2) is 29.1 Å². The lowest BCUT2D eigenvalue weighted by Gasteiger charge is -2.26. The van der Waals surface area contributed by atoms with Crippen LogP contribution in [-0.4, -0.2) is 66.5 Å². The molecule has 166 valence electrons. The molecule has 2 aliphatic rings. The fourth-order valence-corrected chi connectivity index (χ4v) is 4.96. The Labute approximate surface area is 181 Å². The molecule has 10 heteroatoms. The molecule has 3 heterocycles. The number of rotatable bonds is 5. The number of likely N-dealkylation sites (tertiary alicyclic amines) is 1. The highest BCUT2D eigenvalue weighted by Gasteiger charge is 2.31. The first-order valence-corrected chi connectivity index (χ1v) is 12.1. The van der Waals surface area contributed by atoms with E-state index in [-0.39, 0.29) is 23.9 Å². The summed E-state index contributed by atoms with van der Waals surface area (Å²) in [6.07, 6.45) is 2.56. The number of benzene rings is 1. The summed E-state index contributed by atoms with van der Waals surface area (Å²) >= 11 is 0. The fraction of sp³-hybridized carbons (Fsp3) is 0.476. The molecule has 0 aliphatic carbocycles. The highest BCUT2D eigenvalue weighted by atomic mass is 32.2. The van der Waals surface area contributed by atoms with Crippen LogP contribution in [0.5, 0.6) is 5.75 Å². The number of carbonyl (C=O) groups is 1. The van der Waals surface area contributed by atoms with Crippen LogP contribution in [0.2, 0.25) is 0 Å². The first-order valence-electron chi connectivity index (χ1n) is 10.2. The van der Waals surface area contributed by atoms with Gasteiger partial charge >= 0.3 is 0 Å². The van der Waals surface area contributed by atoms with Gasteiger partial charge < -0.3 is 14.6 Å². The predicted molar refractivity (Wildman–Crippen MR) is 114 cm³/mol. The van der Waals surface area contributed by atoms with Crippen LogP contribution >= 0.6 is 0 Å². The van der Waals surface area contributed by atoms with Gasteiger partial charge in [-0.25, -0.2) is 13.4 Å². The van der Waals surface area contributed by atoms with Crippen molar-refractivity contribution in [2.75, 3.05) is 33.0 Å². The number of aromatic nitrogens is 2. The third-order valence-corrected chi connectivity index (χ3v) is 7.19. The van der Waals surface area contributed by atoms with Crippen LogP contribution < -0.4 is 10.3 Å². The number of methoxy groups -OCH3 is 1. The van der Waals surface area contributed by atoms with Crippen molar-refractivity contribution < 1.29 is 17.9 Å². The number of nitrogens with one attached hydrogen (secondary N) is 1. The van der Waals surface area contributed by atoms with Crippen LogP contribution in [-0.2, 0) is 34.2 Å². The molecule has 1 saturated heterocycles. The Hall–Kier alpha value is -2.72. The maximum atomic E-state index is 12.8. The summed E-state index contributed by atoms with van der Waals surface area (Å²) in [7, 11) is -1.76. The van der Waals surface area contributed by atoms with Crippen molar-refractivity contribution in [1.29, 1.82) is 0 Å². The zero-order valence-electron chi connectivity index (χ0n) is 17.6. The van der Waals surface area contributed by atoms with Crippen LogP contribution in [0.1, 0.15) is 35.0 Å². The van der Waals surface area contributed by atoms with Crippen molar-refractivity contribution in [2.24, 2.45) is 0 Å². The van der Waals surface area contributed by atoms with E-state index in [0.29, 0.717) is 49.6 Å². The number of hydrogen-bond acceptors (Lipinski definition) is 6. The molecule has 1 fully saturated rings. The largest absolute Gasteiger partial charge is 0.497 e. The van der Waals surface area contributed by atoms with E-state index in [0.717, 1.165) is 24.0 Å². The lowest BCUT2D eigenvalue weighted by molar-refractivity contribution is -0.129. The van der Waals surface area contributed by atoms with Crippen molar-refractivity contribution in [3.8, 4) is 5.75 Å². The van der Waals surface area contributed by atoms with E-state index in [4.69, 9.17) is 4.74 Å². The second kappa shape index (κ2) is 8.43. The van der Waals surface area contributed by atoms with Gasteiger partial charge in [-0.3, -0.25) is 9.59 Å². The molecule has 31 heavy (non-hydrogen) atoms. The van der Waals surface area contributed by atoms with E-state index < -0.39 is 10.0 Å². The van der Waals surface area contributed by atoms with Crippen molar-refractivity contribution in [2.45, 2.75) is 31.7 Å². The first-order chi connectivity index (χ1) is 14.7. The molecule has 1 atom stereocenters. The van der Waals surface area contributed by atoms with Gasteiger partial charge in [-0.05, 0) is 24.1 Å². The van der Waals surface area contributed by atoms with E-state index in [1.54, 1.807) is 12.0 Å². The number of fused-ring (bicyclic) bond motifs is 1. The minimum absolute atomic E-state index is 0.0276. The number of nitrogens with zero attached hydrogens (tertiary/aromatic N) is 3. The van der Waals surface area contributed by atoms with Crippen LogP contribution in [0.25, 0.3) is 0 Å². The number of aromatic amines is 1. The van der Waals surface area contributed by atoms with Crippen LogP contribution in [0.3, 0.4) is 0 Å². The molecule has 0 radical (unpaired) electrons. The third kappa shape index (κ3) is 4.64. The van der Waals surface area contributed by atoms with E-state index in [2.05, 4.69) is 9.97 Å². The molecular formula is C21H26N4O5S. The van der Waals surface area contributed by atoms with Crippen LogP contribution in [0.4, 0.5) is 0 Å². The van der Waals surface area contributed by atoms with Gasteiger partial charge in [0, 0.05) is 38.5 Å². The molecule has 1 amide bonds. The minimum atomic E-state index is -3.36. The molecule has 1 N–H and O–H groups in total. The summed E-state index contributed by atoms with van der Waals surface area (Å²) in [5, 5.41) is 0. The summed E-state index contributed by atoms with van der Waals surface area (Å²) in [5.74, 6) is 1.28. The van der Waals surface area contributed by atoms with Crippen LogP contribution in [0, 0.1) is 0 Å². The van der Waals surface area contributed by atoms with Gasteiger partial charge in [0.2, 0.25) is 15.9 Å². The van der Waals surface area contributed by atoms with Crippen molar-refractivity contribution in [3.05, 3.63) is 57.3 Å². The number of carbonyl (C=O) groups excluding carboxylic acids is 1. The lowest BCUT2D eigenvalue weighted by atomic mass is 10.1. The van der Waals surface area contributed by atoms with Gasteiger partial charge in [0.15, 0.2) is 0 Å². The van der Waals surface area contributed by atoms with Crippen molar-refractivity contribution in [1.82, 2.24) is 19.2 Å². The zero-order chi connectivity index (χ0) is 22.2. The topological polar surface area (TPSA) is 113 Å². The Morgan fingerprint density at radius 2 is 2.13 bits per heavy atom. The molecule has 0 unspecified atom stereocenters. The molecule has 1 aromatic carbocycles. The van der Waals surface area contributed by atoms with Gasteiger partial charge in [-0.1, -0.05) is 12.1 Å². The fourth-order valence-electron chi connectivity index (χ4n) is 4.17. The van der Waals surface area contributed by atoms with E-state index in [1.165, 1.54) is 4.31 Å². The Morgan fingerprint density at radius 3 is 2.87 bits per heavy atom. The van der Waals surface area contributed by atoms with Crippen molar-refractivity contribution in [3.63, 3.8) is 0 Å². The molecule has 0 spiro atoms. The SMILES string of the molecule is COc1cccc(CC(=O)N2CC[C@H](c3nc4c(c(=O)[nH]3)CN(S(C)(=O)=O)CC4)C2)c1. The second-order valence-corrected chi connectivity index (χ2v) is 10.1. The molecule has 0 saturated carbocycles. The van der Waals surface area contributed by atoms with Crippen molar-refractivity contribution >= 4 is 15.9 Å². The maximum absolute atomic E-state index is 12.8. The molecule has 9 nitrogen and oxygen atoms in total. The summed E-state index contributed by atoms with van der Waals surface area (Å²) in [6.45, 7) is 1.47. The summed E-state index contributed by atoms with van der Waals surface area (Å²) in [5.41, 5.74) is 1.65. The standard InChI is InChI=1S/C21H26N4O5S/c1-30-16-5-3-4-14(10-16)11-19(26)24-8-6-15(12-24)20-22-18-7-9-25(31(2,28)29)13-17(18)21(27)23-20/h3-5,10,15H,6-9,11-13H2,1-2H3,(H,22,23,27)/t15-/m0/s1. The second-order valence-electron chi connectivity index (χ2n) is 8.08. The average molecular weight is 447 g/mol. The number of sulfonamides is 1. The quantitative estimate of drug-likeness (QED) is 0.722. The average Bonchev–Trinajstić information content (AvgIpc) is 3.23. The van der Waals surface area contributed by atoms with Gasteiger partial charge in [0.05, 0.1) is 31.0 Å². The number of ether oxygens (including phenoxy) is 1. The third-order valence-electron chi connectivity index (χ3n) is 5.94. The Morgan fingerprint density at radius 1 is 1.32 bits per heavy atom. The highest BCUT2D eigenvalue weighted by Crippen LogP contribution is 2.26.